The van der Waals surface area contributed by atoms with Crippen molar-refractivity contribution in [1.29, 1.82) is 0 Å². The Bertz CT molecular complexity index is 843. The van der Waals surface area contributed by atoms with Gasteiger partial charge in [-0.1, -0.05) is 11.6 Å². The maximum atomic E-state index is 11.2. The van der Waals surface area contributed by atoms with E-state index in [-0.39, 0.29) is 0 Å². The number of nitrogen functional groups attached to an aromatic ring is 1. The van der Waals surface area contributed by atoms with Gasteiger partial charge >= 0.3 is 5.76 Å². The molecule has 0 aliphatic carbocycles. The van der Waals surface area contributed by atoms with Crippen LogP contribution in [0.5, 0.6) is 0 Å². The van der Waals surface area contributed by atoms with Crippen molar-refractivity contribution >= 4 is 28.4 Å². The molecule has 0 spiro atoms. The molecule has 3 aromatic rings. The monoisotopic (exact) mass is 278 g/mol. The van der Waals surface area contributed by atoms with Gasteiger partial charge in [-0.15, -0.1) is 0 Å². The smallest absolute Gasteiger partial charge is 0.408 e. The van der Waals surface area contributed by atoms with Gasteiger partial charge in [-0.3, -0.25) is 4.98 Å². The van der Waals surface area contributed by atoms with Crippen LogP contribution in [0.15, 0.2) is 21.3 Å². The number of aryl methyl sites for hydroxylation is 1. The summed E-state index contributed by atoms with van der Waals surface area (Å²) in [5, 5.41) is 4.93. The lowest BCUT2D eigenvalue weighted by molar-refractivity contribution is 0.555. The Balaban J connectivity index is 2.32. The summed E-state index contributed by atoms with van der Waals surface area (Å²) in [7, 11) is 0. The highest BCUT2D eigenvalue weighted by Crippen LogP contribution is 2.27. The van der Waals surface area contributed by atoms with Gasteiger partial charge in [-0.05, 0) is 19.9 Å². The standard InChI is InChI=1S/C12H11ClN4O2/c1-5-11(13)6(2)17(16-5)9-4-8-10(3-7(9)14)19-12(18)15-8/h3-4H,14H2,1-2H3,(H,15,18). The first kappa shape index (κ1) is 11.9. The molecular formula is C12H11ClN4O2. The molecule has 0 bridgehead atoms. The number of oxazole rings is 1. The topological polar surface area (TPSA) is 89.8 Å². The first-order valence-electron chi connectivity index (χ1n) is 5.62. The van der Waals surface area contributed by atoms with Crippen molar-refractivity contribution < 1.29 is 4.42 Å². The minimum Gasteiger partial charge on any atom is -0.408 e. The van der Waals surface area contributed by atoms with Crippen molar-refractivity contribution in [2.75, 3.05) is 5.73 Å². The van der Waals surface area contributed by atoms with Crippen molar-refractivity contribution in [3.05, 3.63) is 39.1 Å². The summed E-state index contributed by atoms with van der Waals surface area (Å²) in [4.78, 5) is 13.8. The second-order valence-electron chi connectivity index (χ2n) is 4.32. The maximum Gasteiger partial charge on any atom is 0.417 e. The number of hydrogen-bond acceptors (Lipinski definition) is 4. The van der Waals surface area contributed by atoms with E-state index in [0.29, 0.717) is 27.5 Å². The van der Waals surface area contributed by atoms with E-state index in [9.17, 15) is 4.79 Å². The van der Waals surface area contributed by atoms with E-state index in [2.05, 4.69) is 10.1 Å². The Labute approximate surface area is 112 Å². The summed E-state index contributed by atoms with van der Waals surface area (Å²) < 4.78 is 6.60. The molecule has 6 nitrogen and oxygen atoms in total. The molecule has 0 aliphatic heterocycles. The number of nitrogens with zero attached hydrogens (tertiary/aromatic N) is 2. The second-order valence-corrected chi connectivity index (χ2v) is 4.70. The van der Waals surface area contributed by atoms with Gasteiger partial charge in [0, 0.05) is 6.07 Å². The Morgan fingerprint density at radius 1 is 1.42 bits per heavy atom. The molecule has 0 atom stereocenters. The molecule has 0 radical (unpaired) electrons. The van der Waals surface area contributed by atoms with E-state index in [1.165, 1.54) is 0 Å². The van der Waals surface area contributed by atoms with Crippen LogP contribution in [-0.4, -0.2) is 14.8 Å². The zero-order valence-corrected chi connectivity index (χ0v) is 11.1. The molecule has 2 heterocycles. The molecule has 19 heavy (non-hydrogen) atoms. The van der Waals surface area contributed by atoms with Crippen LogP contribution in [0.1, 0.15) is 11.4 Å². The highest BCUT2D eigenvalue weighted by molar-refractivity contribution is 6.31. The van der Waals surface area contributed by atoms with Crippen LogP contribution in [0.2, 0.25) is 5.02 Å². The highest BCUT2D eigenvalue weighted by Gasteiger charge is 2.14. The number of aromatic nitrogens is 3. The van der Waals surface area contributed by atoms with E-state index in [4.69, 9.17) is 21.8 Å². The van der Waals surface area contributed by atoms with Crippen molar-refractivity contribution in [2.45, 2.75) is 13.8 Å². The molecule has 98 valence electrons. The second kappa shape index (κ2) is 3.89. The van der Waals surface area contributed by atoms with Crippen molar-refractivity contribution in [2.24, 2.45) is 0 Å². The Kier molecular flexibility index (Phi) is 2.43. The summed E-state index contributed by atoms with van der Waals surface area (Å²) in [6.07, 6.45) is 0. The SMILES string of the molecule is Cc1nn(-c2cc3[nH]c(=O)oc3cc2N)c(C)c1Cl. The summed E-state index contributed by atoms with van der Waals surface area (Å²) >= 11 is 6.12. The lowest BCUT2D eigenvalue weighted by Crippen LogP contribution is -2.03. The lowest BCUT2D eigenvalue weighted by Gasteiger charge is -2.07. The minimum atomic E-state index is -0.516. The van der Waals surface area contributed by atoms with Crippen molar-refractivity contribution in [3.8, 4) is 5.69 Å². The summed E-state index contributed by atoms with van der Waals surface area (Å²) in [5.74, 6) is -0.516. The number of H-pyrrole nitrogens is 1. The van der Waals surface area contributed by atoms with Gasteiger partial charge in [-0.25, -0.2) is 9.48 Å². The third-order valence-corrected chi connectivity index (χ3v) is 3.55. The van der Waals surface area contributed by atoms with Gasteiger partial charge in [0.05, 0.1) is 33.3 Å². The molecule has 3 N–H and O–H groups in total. The van der Waals surface area contributed by atoms with Gasteiger partial charge < -0.3 is 10.2 Å². The number of nitrogens with two attached hydrogens (primary N) is 1. The molecule has 0 saturated heterocycles. The van der Waals surface area contributed by atoms with E-state index < -0.39 is 5.76 Å². The third-order valence-electron chi connectivity index (χ3n) is 3.00. The first-order valence-corrected chi connectivity index (χ1v) is 5.99. The lowest BCUT2D eigenvalue weighted by atomic mass is 10.2. The van der Waals surface area contributed by atoms with Gasteiger partial charge in [0.15, 0.2) is 5.58 Å². The fraction of sp³-hybridized carbons (Fsp3) is 0.167. The molecule has 1 aromatic carbocycles. The normalized spacial score (nSPS) is 11.3. The Hall–Kier alpha value is -2.21. The summed E-state index contributed by atoms with van der Waals surface area (Å²) in [5.41, 5.74) is 9.58. The highest BCUT2D eigenvalue weighted by atomic mass is 35.5. The molecule has 2 aromatic heterocycles. The van der Waals surface area contributed by atoms with Crippen LogP contribution in [0.4, 0.5) is 5.69 Å². The summed E-state index contributed by atoms with van der Waals surface area (Å²) in [6, 6.07) is 3.30. The molecule has 3 rings (SSSR count). The Morgan fingerprint density at radius 2 is 2.16 bits per heavy atom. The van der Waals surface area contributed by atoms with Gasteiger partial charge in [0.25, 0.3) is 0 Å². The third kappa shape index (κ3) is 1.72. The molecule has 0 aliphatic rings. The average molecular weight is 279 g/mol. The largest absolute Gasteiger partial charge is 0.417 e. The molecule has 0 fully saturated rings. The minimum absolute atomic E-state index is 0.416. The van der Waals surface area contributed by atoms with E-state index in [1.54, 1.807) is 16.8 Å². The molecule has 0 amide bonds. The van der Waals surface area contributed by atoms with E-state index >= 15 is 0 Å². The van der Waals surface area contributed by atoms with Crippen LogP contribution in [-0.2, 0) is 0 Å². The number of fused-ring (bicyclic) bond motifs is 1. The van der Waals surface area contributed by atoms with Gasteiger partial charge in [0.2, 0.25) is 0 Å². The van der Waals surface area contributed by atoms with Crippen LogP contribution in [0, 0.1) is 13.8 Å². The summed E-state index contributed by atoms with van der Waals surface area (Å²) in [6.45, 7) is 3.67. The number of rotatable bonds is 1. The first-order chi connectivity index (χ1) is 8.97. The van der Waals surface area contributed by atoms with E-state index in [0.717, 1.165) is 11.4 Å². The number of aromatic amines is 1. The van der Waals surface area contributed by atoms with E-state index in [1.807, 2.05) is 13.8 Å². The number of hydrogen-bond donors (Lipinski definition) is 2. The average Bonchev–Trinajstić information content (AvgIpc) is 2.82. The van der Waals surface area contributed by atoms with Crippen molar-refractivity contribution in [3.63, 3.8) is 0 Å². The molecule has 7 heteroatoms. The van der Waals surface area contributed by atoms with Gasteiger partial charge in [-0.2, -0.15) is 5.10 Å². The number of halogens is 1. The quantitative estimate of drug-likeness (QED) is 0.668. The Morgan fingerprint density at radius 3 is 2.79 bits per heavy atom. The van der Waals surface area contributed by atoms with Crippen LogP contribution in [0.3, 0.4) is 0 Å². The fourth-order valence-corrected chi connectivity index (χ4v) is 2.16. The maximum absolute atomic E-state index is 11.2. The molecule has 0 unspecified atom stereocenters. The predicted molar refractivity (Wildman–Crippen MR) is 72.9 cm³/mol. The predicted octanol–water partition coefficient (Wildman–Crippen LogP) is 2.16. The molecule has 0 saturated carbocycles. The zero-order valence-electron chi connectivity index (χ0n) is 10.3. The molecular weight excluding hydrogens is 268 g/mol. The van der Waals surface area contributed by atoms with Crippen molar-refractivity contribution in [1.82, 2.24) is 14.8 Å². The van der Waals surface area contributed by atoms with Crippen LogP contribution >= 0.6 is 11.6 Å². The fourth-order valence-electron chi connectivity index (χ4n) is 2.04. The number of benzene rings is 1. The number of anilines is 1. The van der Waals surface area contributed by atoms with Crippen LogP contribution < -0.4 is 11.5 Å². The number of nitrogens with one attached hydrogen (secondary N) is 1. The zero-order chi connectivity index (χ0) is 13.7. The van der Waals surface area contributed by atoms with Gasteiger partial charge in [0.1, 0.15) is 0 Å². The van der Waals surface area contributed by atoms with Crippen LogP contribution in [0.25, 0.3) is 16.8 Å².